The lowest BCUT2D eigenvalue weighted by Crippen LogP contribution is -2.53. The predicted molar refractivity (Wildman–Crippen MR) is 120 cm³/mol. The molecule has 30 heavy (non-hydrogen) atoms. The quantitative estimate of drug-likeness (QED) is 0.831. The molecule has 0 spiro atoms. The average Bonchev–Trinajstić information content (AvgIpc) is 3.24. The zero-order valence-corrected chi connectivity index (χ0v) is 18.3. The van der Waals surface area contributed by atoms with Gasteiger partial charge in [0.25, 0.3) is 0 Å². The summed E-state index contributed by atoms with van der Waals surface area (Å²) in [6, 6.07) is 10.6. The van der Waals surface area contributed by atoms with Crippen molar-refractivity contribution in [2.45, 2.75) is 69.5 Å². The molecule has 3 fully saturated rings. The molecular weight excluding hydrogens is 372 g/mol. The summed E-state index contributed by atoms with van der Waals surface area (Å²) in [7, 11) is 0. The van der Waals surface area contributed by atoms with E-state index in [0.717, 1.165) is 38.9 Å². The molecule has 5 heteroatoms. The monoisotopic (exact) mass is 410 g/mol. The number of carbonyl (C=O) groups excluding carboxylic acids is 1. The standard InChI is InChI=1S/C25H38N4O/c26-22-7-12-28(13-8-22)25(30)21-6-3-11-29(18-21)23-9-14-27(15-10-23)24-16-19-4-1-2-5-20(19)17-24/h1-2,4-5,21-24H,3,6-18,26H2/t21-/m0/s1. The third-order valence-electron chi connectivity index (χ3n) is 8.21. The lowest BCUT2D eigenvalue weighted by atomic mass is 9.91. The Kier molecular flexibility index (Phi) is 6.12. The number of likely N-dealkylation sites (tertiary alicyclic amines) is 3. The largest absolute Gasteiger partial charge is 0.342 e. The van der Waals surface area contributed by atoms with Crippen LogP contribution in [0.25, 0.3) is 0 Å². The number of nitrogens with two attached hydrogens (primary N) is 1. The molecule has 3 aliphatic heterocycles. The van der Waals surface area contributed by atoms with Gasteiger partial charge < -0.3 is 10.6 Å². The minimum absolute atomic E-state index is 0.204. The summed E-state index contributed by atoms with van der Waals surface area (Å²) in [5.41, 5.74) is 9.14. The lowest BCUT2D eigenvalue weighted by molar-refractivity contribution is -0.138. The topological polar surface area (TPSA) is 52.8 Å². The minimum Gasteiger partial charge on any atom is -0.342 e. The van der Waals surface area contributed by atoms with Crippen LogP contribution in [0.5, 0.6) is 0 Å². The van der Waals surface area contributed by atoms with E-state index < -0.39 is 0 Å². The van der Waals surface area contributed by atoms with Gasteiger partial charge in [-0.15, -0.1) is 0 Å². The summed E-state index contributed by atoms with van der Waals surface area (Å²) in [6.07, 6.45) is 9.12. The molecule has 0 radical (unpaired) electrons. The van der Waals surface area contributed by atoms with Gasteiger partial charge in [0, 0.05) is 37.8 Å². The van der Waals surface area contributed by atoms with Crippen molar-refractivity contribution in [1.82, 2.24) is 14.7 Å². The summed E-state index contributed by atoms with van der Waals surface area (Å²) >= 11 is 0. The maximum atomic E-state index is 13.1. The molecule has 1 aromatic carbocycles. The molecule has 1 atom stereocenters. The molecule has 2 N–H and O–H groups in total. The molecule has 0 saturated carbocycles. The maximum absolute atomic E-state index is 13.1. The first-order chi connectivity index (χ1) is 14.7. The summed E-state index contributed by atoms with van der Waals surface area (Å²) in [5.74, 6) is 0.600. The smallest absolute Gasteiger partial charge is 0.226 e. The van der Waals surface area contributed by atoms with Gasteiger partial charge in [-0.2, -0.15) is 0 Å². The van der Waals surface area contributed by atoms with E-state index in [1.807, 2.05) is 0 Å². The highest BCUT2D eigenvalue weighted by atomic mass is 16.2. The first kappa shape index (κ1) is 20.5. The molecular formula is C25H38N4O. The van der Waals surface area contributed by atoms with Gasteiger partial charge in [0.1, 0.15) is 0 Å². The van der Waals surface area contributed by atoms with Crippen LogP contribution in [0, 0.1) is 5.92 Å². The number of nitrogens with zero attached hydrogens (tertiary/aromatic N) is 3. The molecule has 3 heterocycles. The normalized spacial score (nSPS) is 28.0. The summed E-state index contributed by atoms with van der Waals surface area (Å²) in [4.78, 5) is 20.6. The van der Waals surface area contributed by atoms with Crippen molar-refractivity contribution >= 4 is 5.91 Å². The Morgan fingerprint density at radius 1 is 0.800 bits per heavy atom. The number of amides is 1. The third-order valence-corrected chi connectivity index (χ3v) is 8.21. The van der Waals surface area contributed by atoms with Crippen molar-refractivity contribution in [3.63, 3.8) is 0 Å². The van der Waals surface area contributed by atoms with Gasteiger partial charge in [0.2, 0.25) is 5.91 Å². The second-order valence-electron chi connectivity index (χ2n) is 10.1. The molecule has 0 unspecified atom stereocenters. The molecule has 164 valence electrons. The molecule has 4 aliphatic rings. The molecule has 0 bridgehead atoms. The Hall–Kier alpha value is -1.43. The summed E-state index contributed by atoms with van der Waals surface area (Å²) < 4.78 is 0. The van der Waals surface area contributed by atoms with Crippen LogP contribution in [-0.4, -0.2) is 78.0 Å². The van der Waals surface area contributed by atoms with Gasteiger partial charge in [0.15, 0.2) is 0 Å². The van der Waals surface area contributed by atoms with Crippen LogP contribution in [0.1, 0.15) is 49.7 Å². The van der Waals surface area contributed by atoms with Gasteiger partial charge in [-0.1, -0.05) is 24.3 Å². The first-order valence-corrected chi connectivity index (χ1v) is 12.3. The van der Waals surface area contributed by atoms with E-state index in [2.05, 4.69) is 39.0 Å². The van der Waals surface area contributed by atoms with Crippen LogP contribution < -0.4 is 5.73 Å². The van der Waals surface area contributed by atoms with E-state index >= 15 is 0 Å². The number of piperidine rings is 3. The highest BCUT2D eigenvalue weighted by molar-refractivity contribution is 5.79. The van der Waals surface area contributed by atoms with Crippen LogP contribution in [0.4, 0.5) is 0 Å². The van der Waals surface area contributed by atoms with E-state index in [1.165, 1.54) is 51.7 Å². The number of hydrogen-bond donors (Lipinski definition) is 1. The molecule has 1 aliphatic carbocycles. The van der Waals surface area contributed by atoms with Gasteiger partial charge in [0.05, 0.1) is 5.92 Å². The zero-order chi connectivity index (χ0) is 20.5. The number of fused-ring (bicyclic) bond motifs is 1. The van der Waals surface area contributed by atoms with E-state index in [9.17, 15) is 4.79 Å². The third kappa shape index (κ3) is 4.30. The number of hydrogen-bond acceptors (Lipinski definition) is 4. The fourth-order valence-corrected chi connectivity index (χ4v) is 6.33. The highest BCUT2D eigenvalue weighted by Crippen LogP contribution is 2.30. The molecule has 1 aromatic rings. The Morgan fingerprint density at radius 3 is 2.13 bits per heavy atom. The summed E-state index contributed by atoms with van der Waals surface area (Å²) in [6.45, 7) is 6.29. The number of rotatable bonds is 3. The van der Waals surface area contributed by atoms with Crippen LogP contribution in [0.15, 0.2) is 24.3 Å². The minimum atomic E-state index is 0.204. The zero-order valence-electron chi connectivity index (χ0n) is 18.3. The average molecular weight is 411 g/mol. The number of carbonyl (C=O) groups is 1. The number of benzene rings is 1. The second-order valence-corrected chi connectivity index (χ2v) is 10.1. The molecule has 5 nitrogen and oxygen atoms in total. The van der Waals surface area contributed by atoms with Crippen molar-refractivity contribution in [2.24, 2.45) is 11.7 Å². The molecule has 3 saturated heterocycles. The first-order valence-electron chi connectivity index (χ1n) is 12.3. The Labute approximate surface area is 181 Å². The van der Waals surface area contributed by atoms with Gasteiger partial charge >= 0.3 is 0 Å². The highest BCUT2D eigenvalue weighted by Gasteiger charge is 2.36. The van der Waals surface area contributed by atoms with Crippen molar-refractivity contribution in [3.8, 4) is 0 Å². The fraction of sp³-hybridized carbons (Fsp3) is 0.720. The van der Waals surface area contributed by atoms with Crippen LogP contribution in [-0.2, 0) is 17.6 Å². The molecule has 1 amide bonds. The van der Waals surface area contributed by atoms with Gasteiger partial charge in [-0.25, -0.2) is 0 Å². The van der Waals surface area contributed by atoms with E-state index in [1.54, 1.807) is 11.1 Å². The van der Waals surface area contributed by atoms with Gasteiger partial charge in [-0.3, -0.25) is 14.6 Å². The van der Waals surface area contributed by atoms with Crippen LogP contribution in [0.3, 0.4) is 0 Å². The van der Waals surface area contributed by atoms with Crippen molar-refractivity contribution < 1.29 is 4.79 Å². The van der Waals surface area contributed by atoms with E-state index in [0.29, 0.717) is 18.0 Å². The van der Waals surface area contributed by atoms with Crippen molar-refractivity contribution in [1.29, 1.82) is 0 Å². The predicted octanol–water partition coefficient (Wildman–Crippen LogP) is 2.28. The Balaban J connectivity index is 1.12. The lowest BCUT2D eigenvalue weighted by Gasteiger charge is -2.44. The van der Waals surface area contributed by atoms with Crippen molar-refractivity contribution in [2.75, 3.05) is 39.3 Å². The van der Waals surface area contributed by atoms with E-state index in [4.69, 9.17) is 5.73 Å². The molecule has 0 aromatic heterocycles. The SMILES string of the molecule is NC1CCN(C(=O)[C@H]2CCCN(C3CCN(C4Cc5ccccc5C4)CC3)C2)CC1. The Morgan fingerprint density at radius 2 is 1.47 bits per heavy atom. The maximum Gasteiger partial charge on any atom is 0.226 e. The van der Waals surface area contributed by atoms with E-state index in [-0.39, 0.29) is 12.0 Å². The second kappa shape index (κ2) is 8.97. The Bertz CT molecular complexity index is 711. The summed E-state index contributed by atoms with van der Waals surface area (Å²) in [5, 5.41) is 0. The fourth-order valence-electron chi connectivity index (χ4n) is 6.33. The molecule has 5 rings (SSSR count). The van der Waals surface area contributed by atoms with Gasteiger partial charge in [-0.05, 0) is 82.1 Å². The van der Waals surface area contributed by atoms with Crippen LogP contribution >= 0.6 is 0 Å². The van der Waals surface area contributed by atoms with Crippen molar-refractivity contribution in [3.05, 3.63) is 35.4 Å². The van der Waals surface area contributed by atoms with Crippen LogP contribution in [0.2, 0.25) is 0 Å².